The second-order valence-corrected chi connectivity index (χ2v) is 7.85. The van der Waals surface area contributed by atoms with Crippen LogP contribution in [0, 0.1) is 0 Å². The first-order chi connectivity index (χ1) is 13.6. The van der Waals surface area contributed by atoms with Gasteiger partial charge in [-0.25, -0.2) is 0 Å². The van der Waals surface area contributed by atoms with E-state index in [1.165, 1.54) is 0 Å². The van der Waals surface area contributed by atoms with Gasteiger partial charge in [0.05, 0.1) is 25.3 Å². The van der Waals surface area contributed by atoms with Gasteiger partial charge >= 0.3 is 5.97 Å². The maximum absolute atomic E-state index is 12.6. The molecule has 1 N–H and O–H groups in total. The van der Waals surface area contributed by atoms with Crippen molar-refractivity contribution in [3.05, 3.63) is 54.1 Å². The minimum Gasteiger partial charge on any atom is -0.497 e. The first kappa shape index (κ1) is 18.7. The largest absolute Gasteiger partial charge is 0.497 e. The lowest BCUT2D eigenvalue weighted by Crippen LogP contribution is -2.59. The van der Waals surface area contributed by atoms with Crippen LogP contribution in [0.2, 0.25) is 0 Å². The van der Waals surface area contributed by atoms with Crippen LogP contribution >= 0.6 is 0 Å². The molecule has 2 fully saturated rings. The molecule has 3 atom stereocenters. The number of ether oxygens (including phenoxy) is 2. The van der Waals surface area contributed by atoms with Crippen molar-refractivity contribution in [1.29, 1.82) is 0 Å². The summed E-state index contributed by atoms with van der Waals surface area (Å²) in [6.07, 6.45) is 4.30. The smallest absolute Gasteiger partial charge is 0.314 e. The van der Waals surface area contributed by atoms with Crippen molar-refractivity contribution in [1.82, 2.24) is 0 Å². The number of carboxylic acid groups (broad SMARTS) is 1. The topological polar surface area (TPSA) is 59.0 Å². The summed E-state index contributed by atoms with van der Waals surface area (Å²) in [4.78, 5) is 15.0. The van der Waals surface area contributed by atoms with Crippen LogP contribution < -0.4 is 14.4 Å². The molecule has 2 bridgehead atoms. The molecular weight excluding hydrogens is 354 g/mol. The van der Waals surface area contributed by atoms with E-state index in [9.17, 15) is 9.90 Å². The summed E-state index contributed by atoms with van der Waals surface area (Å²) in [6, 6.07) is 16.0. The van der Waals surface area contributed by atoms with Crippen LogP contribution in [0.15, 0.2) is 48.5 Å². The summed E-state index contributed by atoms with van der Waals surface area (Å²) >= 11 is 0. The minimum absolute atomic E-state index is 0.172. The zero-order chi connectivity index (χ0) is 19.7. The van der Waals surface area contributed by atoms with Gasteiger partial charge in [0.2, 0.25) is 0 Å². The van der Waals surface area contributed by atoms with Gasteiger partial charge < -0.3 is 19.5 Å². The van der Waals surface area contributed by atoms with Crippen molar-refractivity contribution in [3.63, 3.8) is 0 Å². The highest BCUT2D eigenvalue weighted by atomic mass is 16.5. The summed E-state index contributed by atoms with van der Waals surface area (Å²) in [5, 5.41) is 10.3. The molecule has 148 valence electrons. The van der Waals surface area contributed by atoms with Crippen LogP contribution in [-0.4, -0.2) is 37.4 Å². The Hall–Kier alpha value is -2.69. The van der Waals surface area contributed by atoms with E-state index in [4.69, 9.17) is 9.47 Å². The zero-order valence-electron chi connectivity index (χ0n) is 16.4. The number of piperidine rings is 2. The lowest BCUT2D eigenvalue weighted by Gasteiger charge is -2.53. The van der Waals surface area contributed by atoms with Crippen molar-refractivity contribution in [2.75, 3.05) is 19.1 Å². The van der Waals surface area contributed by atoms with Crippen LogP contribution in [-0.2, 0) is 10.2 Å². The molecule has 2 aromatic carbocycles. The number of carbonyl (C=O) groups is 1. The van der Waals surface area contributed by atoms with Crippen LogP contribution in [0.4, 0.5) is 5.69 Å². The van der Waals surface area contributed by atoms with Gasteiger partial charge in [-0.2, -0.15) is 0 Å². The van der Waals surface area contributed by atoms with Crippen molar-refractivity contribution in [2.45, 2.75) is 49.6 Å². The summed E-state index contributed by atoms with van der Waals surface area (Å²) in [5.74, 6) is 0.816. The Morgan fingerprint density at radius 2 is 1.75 bits per heavy atom. The Morgan fingerprint density at radius 3 is 2.39 bits per heavy atom. The maximum atomic E-state index is 12.6. The number of rotatable bonds is 5. The second-order valence-electron chi connectivity index (χ2n) is 7.85. The van der Waals surface area contributed by atoms with Crippen LogP contribution in [0.5, 0.6) is 11.5 Å². The number of anilines is 1. The molecular formula is C23H27NO4. The summed E-state index contributed by atoms with van der Waals surface area (Å²) in [5.41, 5.74) is 1.03. The van der Waals surface area contributed by atoms with Gasteiger partial charge in [-0.3, -0.25) is 4.79 Å². The van der Waals surface area contributed by atoms with E-state index in [1.54, 1.807) is 14.2 Å². The van der Waals surface area contributed by atoms with Crippen molar-refractivity contribution >= 4 is 11.7 Å². The van der Waals surface area contributed by atoms with Gasteiger partial charge in [-0.05, 0) is 61.9 Å². The molecule has 5 heteroatoms. The van der Waals surface area contributed by atoms with Crippen LogP contribution in [0.3, 0.4) is 0 Å². The average molecular weight is 381 g/mol. The predicted octanol–water partition coefficient (Wildman–Crippen LogP) is 4.25. The molecule has 2 aromatic rings. The van der Waals surface area contributed by atoms with E-state index < -0.39 is 11.4 Å². The van der Waals surface area contributed by atoms with E-state index in [0.717, 1.165) is 36.3 Å². The van der Waals surface area contributed by atoms with E-state index in [1.807, 2.05) is 42.5 Å². The molecule has 2 heterocycles. The molecule has 0 spiro atoms. The van der Waals surface area contributed by atoms with Gasteiger partial charge in [0.25, 0.3) is 0 Å². The van der Waals surface area contributed by atoms with Gasteiger partial charge in [0.1, 0.15) is 11.5 Å². The first-order valence-electron chi connectivity index (χ1n) is 9.88. The molecule has 4 rings (SSSR count). The fourth-order valence-corrected chi connectivity index (χ4v) is 5.15. The second kappa shape index (κ2) is 7.38. The van der Waals surface area contributed by atoms with Gasteiger partial charge in [-0.15, -0.1) is 0 Å². The molecule has 0 radical (unpaired) electrons. The average Bonchev–Trinajstić information content (AvgIpc) is 2.72. The molecule has 2 saturated heterocycles. The fourth-order valence-electron chi connectivity index (χ4n) is 5.15. The Bertz CT molecular complexity index is 851. The third-order valence-corrected chi connectivity index (χ3v) is 6.42. The summed E-state index contributed by atoms with van der Waals surface area (Å²) in [7, 11) is 3.31. The molecule has 0 unspecified atom stereocenters. The molecule has 0 amide bonds. The molecule has 2 aliphatic heterocycles. The number of para-hydroxylation sites is 2. The Balaban J connectivity index is 1.76. The van der Waals surface area contributed by atoms with Crippen molar-refractivity contribution < 1.29 is 19.4 Å². The number of hydrogen-bond donors (Lipinski definition) is 1. The van der Waals surface area contributed by atoms with E-state index >= 15 is 0 Å². The first-order valence-corrected chi connectivity index (χ1v) is 9.88. The molecule has 0 saturated carbocycles. The molecule has 0 aliphatic carbocycles. The quantitative estimate of drug-likeness (QED) is 0.839. The number of hydrogen-bond acceptors (Lipinski definition) is 4. The highest BCUT2D eigenvalue weighted by Crippen LogP contribution is 2.49. The molecule has 0 aromatic heterocycles. The predicted molar refractivity (Wildman–Crippen MR) is 108 cm³/mol. The number of benzene rings is 2. The fraction of sp³-hybridized carbons (Fsp3) is 0.435. The lowest BCUT2D eigenvalue weighted by molar-refractivity contribution is -0.146. The number of nitrogens with zero attached hydrogens (tertiary/aromatic N) is 1. The lowest BCUT2D eigenvalue weighted by atomic mass is 9.64. The third kappa shape index (κ3) is 2.99. The SMILES string of the molecule is COc1cccc([C@]2(C(=O)O)C[C@H]3CCC[C@@H](C2)N3c2ccccc2OC)c1. The number of fused-ring (bicyclic) bond motifs is 2. The zero-order valence-corrected chi connectivity index (χ0v) is 16.4. The molecule has 28 heavy (non-hydrogen) atoms. The van der Waals surface area contributed by atoms with Crippen LogP contribution in [0.25, 0.3) is 0 Å². The molecule has 2 aliphatic rings. The normalized spacial score (nSPS) is 26.6. The van der Waals surface area contributed by atoms with Gasteiger partial charge in [-0.1, -0.05) is 24.3 Å². The van der Waals surface area contributed by atoms with E-state index in [2.05, 4.69) is 11.0 Å². The Kier molecular flexibility index (Phi) is 4.92. The Morgan fingerprint density at radius 1 is 1.04 bits per heavy atom. The van der Waals surface area contributed by atoms with Crippen LogP contribution in [0.1, 0.15) is 37.7 Å². The number of aliphatic carboxylic acids is 1. The van der Waals surface area contributed by atoms with Crippen molar-refractivity contribution in [3.8, 4) is 11.5 Å². The third-order valence-electron chi connectivity index (χ3n) is 6.42. The maximum Gasteiger partial charge on any atom is 0.314 e. The number of methoxy groups -OCH3 is 2. The Labute approximate surface area is 165 Å². The summed E-state index contributed by atoms with van der Waals surface area (Å²) < 4.78 is 11.0. The molecule has 5 nitrogen and oxygen atoms in total. The monoisotopic (exact) mass is 381 g/mol. The van der Waals surface area contributed by atoms with Crippen molar-refractivity contribution in [2.24, 2.45) is 0 Å². The van der Waals surface area contributed by atoms with E-state index in [0.29, 0.717) is 18.6 Å². The highest BCUT2D eigenvalue weighted by Gasteiger charge is 2.52. The highest BCUT2D eigenvalue weighted by molar-refractivity contribution is 5.83. The standard InChI is InChI=1S/C23H27NO4/c1-27-19-10-5-7-16(13-19)23(22(25)26)14-17-8-6-9-18(15-23)24(17)20-11-3-4-12-21(20)28-2/h3-5,7,10-13,17-18H,6,8-9,14-15H2,1-2H3,(H,25,26)/t17-,18+,23+. The van der Waals surface area contributed by atoms with Gasteiger partial charge in [0.15, 0.2) is 0 Å². The summed E-state index contributed by atoms with van der Waals surface area (Å²) in [6.45, 7) is 0. The van der Waals surface area contributed by atoms with E-state index in [-0.39, 0.29) is 12.1 Å². The number of carboxylic acids is 1. The van der Waals surface area contributed by atoms with Gasteiger partial charge in [0, 0.05) is 12.1 Å². The minimum atomic E-state index is -0.886.